The lowest BCUT2D eigenvalue weighted by molar-refractivity contribution is -0.117. The summed E-state index contributed by atoms with van der Waals surface area (Å²) in [5.41, 5.74) is 0.544. The van der Waals surface area contributed by atoms with E-state index in [1.54, 1.807) is 24.5 Å². The molecule has 0 saturated heterocycles. The molecule has 3 heterocycles. The number of hydrogen-bond donors (Lipinski definition) is 1. The molecule has 3 aromatic heterocycles. The van der Waals surface area contributed by atoms with E-state index in [0.29, 0.717) is 21.3 Å². The third-order valence-corrected chi connectivity index (χ3v) is 6.07. The normalized spacial score (nSPS) is 14.2. The maximum absolute atomic E-state index is 14.5. The van der Waals surface area contributed by atoms with Gasteiger partial charge in [0.2, 0.25) is 11.7 Å². The number of rotatable bonds is 4. The number of amides is 1. The number of aromatic nitrogens is 4. The summed E-state index contributed by atoms with van der Waals surface area (Å²) in [5, 5.41) is 4.11. The first-order chi connectivity index (χ1) is 12.7. The second-order valence-electron chi connectivity index (χ2n) is 6.02. The highest BCUT2D eigenvalue weighted by molar-refractivity contribution is 7.99. The van der Waals surface area contributed by atoms with Crippen LogP contribution in [-0.2, 0) is 4.79 Å². The maximum Gasteiger partial charge on any atom is 0.234 e. The average molecular weight is 385 g/mol. The van der Waals surface area contributed by atoms with Gasteiger partial charge in [-0.15, -0.1) is 0 Å². The van der Waals surface area contributed by atoms with Crippen molar-refractivity contribution in [2.24, 2.45) is 5.92 Å². The molecule has 0 spiro atoms. The molecule has 0 radical (unpaired) electrons. The minimum atomic E-state index is -0.355. The van der Waals surface area contributed by atoms with Gasteiger partial charge in [0.05, 0.1) is 21.3 Å². The average Bonchev–Trinajstić information content (AvgIpc) is 3.31. The minimum absolute atomic E-state index is 0.00245. The third-order valence-electron chi connectivity index (χ3n) is 4.09. The highest BCUT2D eigenvalue weighted by Crippen LogP contribution is 2.36. The zero-order valence-corrected chi connectivity index (χ0v) is 15.0. The summed E-state index contributed by atoms with van der Waals surface area (Å²) in [6.07, 6.45) is 7.04. The lowest BCUT2D eigenvalue weighted by atomic mass is 10.3. The van der Waals surface area contributed by atoms with Gasteiger partial charge in [0.1, 0.15) is 10.8 Å². The van der Waals surface area contributed by atoms with Gasteiger partial charge in [-0.25, -0.2) is 19.3 Å². The quantitative estimate of drug-likeness (QED) is 0.575. The first-order valence-electron chi connectivity index (χ1n) is 8.04. The Morgan fingerprint density at radius 2 is 2.23 bits per heavy atom. The van der Waals surface area contributed by atoms with E-state index >= 15 is 0 Å². The molecule has 4 aromatic rings. The van der Waals surface area contributed by atoms with Crippen LogP contribution in [0.3, 0.4) is 0 Å². The summed E-state index contributed by atoms with van der Waals surface area (Å²) >= 11 is 2.63. The van der Waals surface area contributed by atoms with Crippen molar-refractivity contribution in [2.75, 3.05) is 5.32 Å². The van der Waals surface area contributed by atoms with E-state index in [0.717, 1.165) is 22.6 Å². The lowest BCUT2D eigenvalue weighted by Gasteiger charge is -2.03. The summed E-state index contributed by atoms with van der Waals surface area (Å²) < 4.78 is 17.2. The summed E-state index contributed by atoms with van der Waals surface area (Å²) in [4.78, 5) is 25.1. The number of nitrogens with zero attached hydrogens (tertiary/aromatic N) is 4. The van der Waals surface area contributed by atoms with E-state index in [2.05, 4.69) is 20.3 Å². The Kier molecular flexibility index (Phi) is 3.64. The fourth-order valence-corrected chi connectivity index (χ4v) is 4.48. The molecule has 1 fully saturated rings. The molecular weight excluding hydrogens is 373 g/mol. The Hall–Kier alpha value is -2.52. The van der Waals surface area contributed by atoms with Gasteiger partial charge in [0.15, 0.2) is 5.13 Å². The predicted octanol–water partition coefficient (Wildman–Crippen LogP) is 3.98. The van der Waals surface area contributed by atoms with Gasteiger partial charge in [-0.1, -0.05) is 23.1 Å². The SMILES string of the molecule is O=C(Nc1nc2cc(F)c(Sc3cnc4ncccn34)cc2s1)C1CC1. The number of hydrogen-bond acceptors (Lipinski definition) is 6. The molecule has 5 rings (SSSR count). The van der Waals surface area contributed by atoms with Crippen LogP contribution in [0, 0.1) is 11.7 Å². The zero-order valence-electron chi connectivity index (χ0n) is 13.3. The Labute approximate surface area is 155 Å². The molecule has 1 aromatic carbocycles. The second kappa shape index (κ2) is 6.03. The minimum Gasteiger partial charge on any atom is -0.302 e. The zero-order chi connectivity index (χ0) is 17.7. The van der Waals surface area contributed by atoms with Crippen molar-refractivity contribution in [3.05, 3.63) is 42.6 Å². The van der Waals surface area contributed by atoms with Crippen LogP contribution < -0.4 is 5.32 Å². The second-order valence-corrected chi connectivity index (χ2v) is 8.11. The van der Waals surface area contributed by atoms with Crippen LogP contribution in [0.15, 0.2) is 46.7 Å². The molecule has 1 saturated carbocycles. The van der Waals surface area contributed by atoms with Crippen LogP contribution >= 0.6 is 23.1 Å². The van der Waals surface area contributed by atoms with Crippen LogP contribution in [0.1, 0.15) is 12.8 Å². The number of anilines is 1. The Morgan fingerprint density at radius 3 is 3.08 bits per heavy atom. The monoisotopic (exact) mass is 385 g/mol. The Bertz CT molecular complexity index is 1150. The third kappa shape index (κ3) is 2.82. The fraction of sp³-hybridized carbons (Fsp3) is 0.176. The standard InChI is InChI=1S/C17H12FN5OS2/c18-10-6-11-13(26-17(21-11)22-15(24)9-2-3-9)7-12(10)25-14-8-20-16-19-4-1-5-23(14)16/h1,4-9H,2-3H2,(H,21,22,24). The predicted molar refractivity (Wildman–Crippen MR) is 98.0 cm³/mol. The van der Waals surface area contributed by atoms with Crippen molar-refractivity contribution in [1.29, 1.82) is 0 Å². The molecular formula is C17H12FN5OS2. The van der Waals surface area contributed by atoms with Crippen molar-refractivity contribution in [1.82, 2.24) is 19.4 Å². The molecule has 0 atom stereocenters. The van der Waals surface area contributed by atoms with Crippen molar-refractivity contribution in [2.45, 2.75) is 22.8 Å². The largest absolute Gasteiger partial charge is 0.302 e. The van der Waals surface area contributed by atoms with Crippen molar-refractivity contribution in [3.63, 3.8) is 0 Å². The Morgan fingerprint density at radius 1 is 1.35 bits per heavy atom. The van der Waals surface area contributed by atoms with Crippen LogP contribution in [0.5, 0.6) is 0 Å². The summed E-state index contributed by atoms with van der Waals surface area (Å²) in [5.74, 6) is 0.317. The number of thiazole rings is 1. The van der Waals surface area contributed by atoms with Gasteiger partial charge in [-0.05, 0) is 25.0 Å². The summed E-state index contributed by atoms with van der Waals surface area (Å²) in [6, 6.07) is 4.97. The number of carbonyl (C=O) groups is 1. The molecule has 1 aliphatic rings. The van der Waals surface area contributed by atoms with Crippen LogP contribution in [0.4, 0.5) is 9.52 Å². The van der Waals surface area contributed by atoms with Crippen molar-refractivity contribution < 1.29 is 9.18 Å². The maximum atomic E-state index is 14.5. The van der Waals surface area contributed by atoms with Crippen molar-refractivity contribution in [3.8, 4) is 0 Å². The van der Waals surface area contributed by atoms with E-state index in [4.69, 9.17) is 0 Å². The van der Waals surface area contributed by atoms with Gasteiger partial charge in [0.25, 0.3) is 0 Å². The molecule has 0 bridgehead atoms. The van der Waals surface area contributed by atoms with Gasteiger partial charge in [-0.3, -0.25) is 9.20 Å². The number of nitrogens with one attached hydrogen (secondary N) is 1. The van der Waals surface area contributed by atoms with Crippen molar-refractivity contribution >= 4 is 50.1 Å². The molecule has 130 valence electrons. The van der Waals surface area contributed by atoms with Gasteiger partial charge >= 0.3 is 0 Å². The van der Waals surface area contributed by atoms with Crippen LogP contribution in [0.2, 0.25) is 0 Å². The Balaban J connectivity index is 1.47. The van der Waals surface area contributed by atoms with Gasteiger partial charge in [0, 0.05) is 24.4 Å². The number of halogens is 1. The molecule has 1 N–H and O–H groups in total. The molecule has 0 unspecified atom stereocenters. The lowest BCUT2D eigenvalue weighted by Crippen LogP contribution is -2.12. The number of imidazole rings is 1. The van der Waals surface area contributed by atoms with E-state index in [-0.39, 0.29) is 17.6 Å². The van der Waals surface area contributed by atoms with E-state index in [1.165, 1.54) is 29.2 Å². The highest BCUT2D eigenvalue weighted by Gasteiger charge is 2.30. The van der Waals surface area contributed by atoms with Gasteiger partial charge < -0.3 is 5.32 Å². The molecule has 0 aliphatic heterocycles. The molecule has 1 amide bonds. The van der Waals surface area contributed by atoms with E-state index < -0.39 is 0 Å². The summed E-state index contributed by atoms with van der Waals surface area (Å²) in [6.45, 7) is 0. The smallest absolute Gasteiger partial charge is 0.234 e. The first-order valence-corrected chi connectivity index (χ1v) is 9.67. The molecule has 6 nitrogen and oxygen atoms in total. The van der Waals surface area contributed by atoms with E-state index in [9.17, 15) is 9.18 Å². The molecule has 9 heteroatoms. The number of carbonyl (C=O) groups excluding carboxylic acids is 1. The summed E-state index contributed by atoms with van der Waals surface area (Å²) in [7, 11) is 0. The molecule has 26 heavy (non-hydrogen) atoms. The highest BCUT2D eigenvalue weighted by atomic mass is 32.2. The van der Waals surface area contributed by atoms with Gasteiger partial charge in [-0.2, -0.15) is 0 Å². The topological polar surface area (TPSA) is 72.2 Å². The van der Waals surface area contributed by atoms with Crippen LogP contribution in [0.25, 0.3) is 16.0 Å². The fourth-order valence-electron chi connectivity index (χ4n) is 2.61. The number of benzene rings is 1. The number of fused-ring (bicyclic) bond motifs is 2. The van der Waals surface area contributed by atoms with E-state index in [1.807, 2.05) is 10.6 Å². The molecule has 1 aliphatic carbocycles. The first kappa shape index (κ1) is 15.7. The van der Waals surface area contributed by atoms with Crippen LogP contribution in [-0.4, -0.2) is 25.3 Å².